The lowest BCUT2D eigenvalue weighted by atomic mass is 9.87. The SMILES string of the molecule is CC1=C/C(=C\c2ccccc2)C=C(CC2=CC(=O)C(Nc3ccccc3)=CC2=O)C1=O. The standard InChI is InChI=1S/C27H21NO3/c1-18-12-20(13-19-8-4-2-5-9-19)14-22(27(18)31)15-21-16-26(30)24(17-25(21)29)28-23-10-6-3-7-11-23/h2-14,16-17,28H,15H2,1H3/b20-13+. The summed E-state index contributed by atoms with van der Waals surface area (Å²) in [7, 11) is 0. The Morgan fingerprint density at radius 3 is 2.13 bits per heavy atom. The molecular formula is C27H21NO3. The maximum atomic E-state index is 12.7. The van der Waals surface area contributed by atoms with Crippen molar-refractivity contribution < 1.29 is 14.4 Å². The van der Waals surface area contributed by atoms with Gasteiger partial charge in [-0.2, -0.15) is 0 Å². The molecule has 0 saturated carbocycles. The van der Waals surface area contributed by atoms with Gasteiger partial charge in [-0.25, -0.2) is 0 Å². The number of allylic oxidation sites excluding steroid dienone is 8. The Hall–Kier alpha value is -4.05. The molecule has 4 nitrogen and oxygen atoms in total. The van der Waals surface area contributed by atoms with Gasteiger partial charge in [-0.15, -0.1) is 0 Å². The van der Waals surface area contributed by atoms with Gasteiger partial charge < -0.3 is 5.32 Å². The largest absolute Gasteiger partial charge is 0.352 e. The number of carbonyl (C=O) groups is 3. The monoisotopic (exact) mass is 407 g/mol. The molecule has 0 bridgehead atoms. The fourth-order valence-electron chi connectivity index (χ4n) is 3.55. The lowest BCUT2D eigenvalue weighted by Gasteiger charge is -2.17. The van der Waals surface area contributed by atoms with Gasteiger partial charge in [0, 0.05) is 29.3 Å². The summed E-state index contributed by atoms with van der Waals surface area (Å²) in [6, 6.07) is 19.0. The van der Waals surface area contributed by atoms with Crippen molar-refractivity contribution in [3.05, 3.63) is 119 Å². The van der Waals surface area contributed by atoms with Gasteiger partial charge in [0.25, 0.3) is 0 Å². The molecule has 2 aliphatic carbocycles. The molecule has 0 unspecified atom stereocenters. The van der Waals surface area contributed by atoms with E-state index in [-0.39, 0.29) is 29.5 Å². The Kier molecular flexibility index (Phi) is 5.72. The highest BCUT2D eigenvalue weighted by Gasteiger charge is 2.24. The Bertz CT molecular complexity index is 1210. The first kappa shape index (κ1) is 20.2. The van der Waals surface area contributed by atoms with Gasteiger partial charge in [0.1, 0.15) is 0 Å². The number of para-hydroxylation sites is 1. The van der Waals surface area contributed by atoms with Crippen LogP contribution < -0.4 is 5.32 Å². The molecule has 0 aromatic heterocycles. The molecule has 0 atom stereocenters. The Morgan fingerprint density at radius 2 is 1.42 bits per heavy atom. The average Bonchev–Trinajstić information content (AvgIpc) is 2.76. The zero-order valence-corrected chi connectivity index (χ0v) is 17.1. The molecule has 2 aromatic carbocycles. The highest BCUT2D eigenvalue weighted by molar-refractivity contribution is 6.22. The number of hydrogen-bond acceptors (Lipinski definition) is 4. The van der Waals surface area contributed by atoms with Crippen molar-refractivity contribution in [1.29, 1.82) is 0 Å². The van der Waals surface area contributed by atoms with Crippen LogP contribution in [0.15, 0.2) is 113 Å². The van der Waals surface area contributed by atoms with Gasteiger partial charge in [-0.1, -0.05) is 48.5 Å². The smallest absolute Gasteiger partial charge is 0.202 e. The molecular weight excluding hydrogens is 386 g/mol. The molecule has 0 saturated heterocycles. The van der Waals surface area contributed by atoms with Crippen LogP contribution in [0.25, 0.3) is 6.08 Å². The van der Waals surface area contributed by atoms with E-state index in [0.29, 0.717) is 16.7 Å². The summed E-state index contributed by atoms with van der Waals surface area (Å²) < 4.78 is 0. The van der Waals surface area contributed by atoms with Crippen molar-refractivity contribution in [3.63, 3.8) is 0 Å². The normalized spacial score (nSPS) is 17.7. The molecule has 0 spiro atoms. The van der Waals surface area contributed by atoms with Gasteiger partial charge in [0.15, 0.2) is 11.6 Å². The quantitative estimate of drug-likeness (QED) is 0.710. The van der Waals surface area contributed by atoms with Crippen molar-refractivity contribution in [1.82, 2.24) is 0 Å². The minimum atomic E-state index is -0.283. The van der Waals surface area contributed by atoms with E-state index in [0.717, 1.165) is 16.8 Å². The predicted molar refractivity (Wildman–Crippen MR) is 122 cm³/mol. The van der Waals surface area contributed by atoms with Crippen LogP contribution in [0.2, 0.25) is 0 Å². The average molecular weight is 407 g/mol. The molecule has 0 amide bonds. The van der Waals surface area contributed by atoms with E-state index in [4.69, 9.17) is 0 Å². The van der Waals surface area contributed by atoms with Gasteiger partial charge >= 0.3 is 0 Å². The van der Waals surface area contributed by atoms with Crippen LogP contribution in [-0.2, 0) is 14.4 Å². The maximum Gasteiger partial charge on any atom is 0.202 e. The molecule has 2 aliphatic rings. The number of anilines is 1. The van der Waals surface area contributed by atoms with Crippen molar-refractivity contribution in [2.75, 3.05) is 5.32 Å². The Labute approximate surface area is 181 Å². The zero-order valence-electron chi connectivity index (χ0n) is 17.1. The number of hydrogen-bond donors (Lipinski definition) is 1. The zero-order chi connectivity index (χ0) is 21.8. The fourth-order valence-corrected chi connectivity index (χ4v) is 3.55. The van der Waals surface area contributed by atoms with E-state index in [9.17, 15) is 14.4 Å². The number of ketones is 3. The van der Waals surface area contributed by atoms with Crippen LogP contribution in [0, 0.1) is 0 Å². The molecule has 0 aliphatic heterocycles. The van der Waals surface area contributed by atoms with Crippen molar-refractivity contribution in [2.24, 2.45) is 0 Å². The van der Waals surface area contributed by atoms with Gasteiger partial charge in [0.05, 0.1) is 5.70 Å². The highest BCUT2D eigenvalue weighted by atomic mass is 16.1. The lowest BCUT2D eigenvalue weighted by Crippen LogP contribution is -2.20. The van der Waals surface area contributed by atoms with E-state index in [1.54, 1.807) is 13.0 Å². The van der Waals surface area contributed by atoms with Gasteiger partial charge in [0.2, 0.25) is 5.78 Å². The summed E-state index contributed by atoms with van der Waals surface area (Å²) in [5.74, 6) is -0.661. The highest BCUT2D eigenvalue weighted by Crippen LogP contribution is 2.27. The molecule has 0 fully saturated rings. The summed E-state index contributed by atoms with van der Waals surface area (Å²) in [4.78, 5) is 37.9. The van der Waals surface area contributed by atoms with Crippen LogP contribution in [0.1, 0.15) is 18.9 Å². The number of nitrogens with one attached hydrogen (secondary N) is 1. The summed E-state index contributed by atoms with van der Waals surface area (Å²) in [6.07, 6.45) is 8.37. The molecule has 0 radical (unpaired) electrons. The second kappa shape index (κ2) is 8.76. The third kappa shape index (κ3) is 4.75. The lowest BCUT2D eigenvalue weighted by molar-refractivity contribution is -0.115. The topological polar surface area (TPSA) is 63.2 Å². The second-order valence-electron chi connectivity index (χ2n) is 7.50. The van der Waals surface area contributed by atoms with Gasteiger partial charge in [-0.05, 0) is 60.1 Å². The van der Waals surface area contributed by atoms with E-state index in [1.807, 2.05) is 72.8 Å². The van der Waals surface area contributed by atoms with E-state index in [1.165, 1.54) is 12.2 Å². The number of rotatable bonds is 5. The first-order chi connectivity index (χ1) is 15.0. The Morgan fingerprint density at radius 1 is 0.742 bits per heavy atom. The van der Waals surface area contributed by atoms with Crippen LogP contribution in [-0.4, -0.2) is 17.3 Å². The summed E-state index contributed by atoms with van der Waals surface area (Å²) in [5.41, 5.74) is 4.29. The summed E-state index contributed by atoms with van der Waals surface area (Å²) >= 11 is 0. The minimum Gasteiger partial charge on any atom is -0.352 e. The van der Waals surface area contributed by atoms with Crippen molar-refractivity contribution in [3.8, 4) is 0 Å². The molecule has 1 N–H and O–H groups in total. The Balaban J connectivity index is 1.55. The van der Waals surface area contributed by atoms with E-state index < -0.39 is 0 Å². The fraction of sp³-hybridized carbons (Fsp3) is 0.0741. The van der Waals surface area contributed by atoms with Crippen molar-refractivity contribution in [2.45, 2.75) is 13.3 Å². The van der Waals surface area contributed by atoms with Gasteiger partial charge in [-0.3, -0.25) is 14.4 Å². The third-order valence-corrected chi connectivity index (χ3v) is 5.10. The predicted octanol–water partition coefficient (Wildman–Crippen LogP) is 4.99. The molecule has 4 rings (SSSR count). The number of benzene rings is 2. The summed E-state index contributed by atoms with van der Waals surface area (Å²) in [6.45, 7) is 1.76. The van der Waals surface area contributed by atoms with E-state index >= 15 is 0 Å². The molecule has 2 aromatic rings. The summed E-state index contributed by atoms with van der Waals surface area (Å²) in [5, 5.41) is 2.98. The van der Waals surface area contributed by atoms with Crippen LogP contribution >= 0.6 is 0 Å². The molecule has 0 heterocycles. The molecule has 31 heavy (non-hydrogen) atoms. The maximum absolute atomic E-state index is 12.7. The first-order valence-corrected chi connectivity index (χ1v) is 10.0. The third-order valence-electron chi connectivity index (χ3n) is 5.10. The minimum absolute atomic E-state index is 0.108. The number of Topliss-reactive ketones (excluding diaryl/α,β-unsaturated/α-hetero) is 1. The first-order valence-electron chi connectivity index (χ1n) is 10.0. The van der Waals surface area contributed by atoms with Crippen LogP contribution in [0.5, 0.6) is 0 Å². The molecule has 152 valence electrons. The van der Waals surface area contributed by atoms with Crippen LogP contribution in [0.3, 0.4) is 0 Å². The van der Waals surface area contributed by atoms with Crippen LogP contribution in [0.4, 0.5) is 5.69 Å². The molecule has 4 heteroatoms. The van der Waals surface area contributed by atoms with E-state index in [2.05, 4.69) is 5.32 Å². The van der Waals surface area contributed by atoms with Crippen molar-refractivity contribution >= 4 is 29.1 Å². The second-order valence-corrected chi connectivity index (χ2v) is 7.50. The number of carbonyl (C=O) groups excluding carboxylic acids is 3.